The lowest BCUT2D eigenvalue weighted by molar-refractivity contribution is 0.0874. The Kier molecular flexibility index (Phi) is 5.55. The number of rotatable bonds is 5. The van der Waals surface area contributed by atoms with Gasteiger partial charge >= 0.3 is 0 Å². The average molecular weight is 298 g/mol. The number of ether oxygens (including phenoxy) is 2. The van der Waals surface area contributed by atoms with Gasteiger partial charge in [0.15, 0.2) is 11.5 Å². The van der Waals surface area contributed by atoms with Crippen molar-refractivity contribution in [2.45, 2.75) is 51.7 Å². The predicted octanol–water partition coefficient (Wildman–Crippen LogP) is 4.15. The molecule has 0 aromatic heterocycles. The topological polar surface area (TPSA) is 44.5 Å². The van der Waals surface area contributed by atoms with E-state index in [0.717, 1.165) is 18.4 Å². The average Bonchev–Trinajstić information content (AvgIpc) is 2.49. The molecule has 2 rings (SSSR count). The van der Waals surface area contributed by atoms with Crippen LogP contribution >= 0.6 is 11.6 Å². The third-order valence-electron chi connectivity index (χ3n) is 4.16. The summed E-state index contributed by atoms with van der Waals surface area (Å²) in [4.78, 5) is 0. The molecular weight excluding hydrogens is 274 g/mol. The maximum absolute atomic E-state index is 6.34. The SMILES string of the molecule is CCC1CCCCC1Oc1c(Cl)cc(CN)cc1OC. The first kappa shape index (κ1) is 15.5. The lowest BCUT2D eigenvalue weighted by Gasteiger charge is -2.32. The maximum Gasteiger partial charge on any atom is 0.180 e. The van der Waals surface area contributed by atoms with Gasteiger partial charge in [0, 0.05) is 6.54 Å². The molecule has 0 spiro atoms. The Morgan fingerprint density at radius 3 is 2.70 bits per heavy atom. The fourth-order valence-electron chi connectivity index (χ4n) is 2.95. The highest BCUT2D eigenvalue weighted by molar-refractivity contribution is 6.32. The second kappa shape index (κ2) is 7.19. The molecule has 1 fully saturated rings. The van der Waals surface area contributed by atoms with E-state index in [2.05, 4.69) is 6.92 Å². The van der Waals surface area contributed by atoms with E-state index < -0.39 is 0 Å². The van der Waals surface area contributed by atoms with Gasteiger partial charge in [-0.3, -0.25) is 0 Å². The summed E-state index contributed by atoms with van der Waals surface area (Å²) >= 11 is 6.34. The number of hydrogen-bond acceptors (Lipinski definition) is 3. The van der Waals surface area contributed by atoms with Gasteiger partial charge in [-0.2, -0.15) is 0 Å². The fraction of sp³-hybridized carbons (Fsp3) is 0.625. The molecule has 20 heavy (non-hydrogen) atoms. The van der Waals surface area contributed by atoms with Crippen molar-refractivity contribution in [1.82, 2.24) is 0 Å². The van der Waals surface area contributed by atoms with Crippen LogP contribution in [0, 0.1) is 5.92 Å². The quantitative estimate of drug-likeness (QED) is 0.888. The Labute approximate surface area is 126 Å². The van der Waals surface area contributed by atoms with Crippen LogP contribution in [0.3, 0.4) is 0 Å². The largest absolute Gasteiger partial charge is 0.493 e. The maximum atomic E-state index is 6.34. The summed E-state index contributed by atoms with van der Waals surface area (Å²) in [5, 5.41) is 0.588. The predicted molar refractivity (Wildman–Crippen MR) is 82.6 cm³/mol. The minimum Gasteiger partial charge on any atom is -0.493 e. The van der Waals surface area contributed by atoms with Gasteiger partial charge in [-0.05, 0) is 49.3 Å². The van der Waals surface area contributed by atoms with Crippen LogP contribution in [-0.4, -0.2) is 13.2 Å². The molecule has 112 valence electrons. The van der Waals surface area contributed by atoms with E-state index in [1.165, 1.54) is 19.3 Å². The molecule has 4 heteroatoms. The smallest absolute Gasteiger partial charge is 0.180 e. The standard InChI is InChI=1S/C16H24ClNO2/c1-3-12-6-4-5-7-14(12)20-16-13(17)8-11(10-18)9-15(16)19-2/h8-9,12,14H,3-7,10,18H2,1-2H3. The normalized spacial score (nSPS) is 22.6. The van der Waals surface area contributed by atoms with Crippen LogP contribution < -0.4 is 15.2 Å². The molecule has 1 aromatic rings. The summed E-state index contributed by atoms with van der Waals surface area (Å²) < 4.78 is 11.6. The van der Waals surface area contributed by atoms with Crippen LogP contribution in [0.15, 0.2) is 12.1 Å². The third kappa shape index (κ3) is 3.39. The summed E-state index contributed by atoms with van der Waals surface area (Å²) in [7, 11) is 1.64. The molecule has 0 aliphatic heterocycles. The van der Waals surface area contributed by atoms with Crippen LogP contribution in [-0.2, 0) is 6.54 Å². The number of hydrogen-bond donors (Lipinski definition) is 1. The summed E-state index contributed by atoms with van der Waals surface area (Å²) in [6.45, 7) is 2.67. The van der Waals surface area contributed by atoms with Gasteiger partial charge in [0.1, 0.15) is 6.10 Å². The van der Waals surface area contributed by atoms with Gasteiger partial charge in [0.25, 0.3) is 0 Å². The summed E-state index contributed by atoms with van der Waals surface area (Å²) in [6, 6.07) is 3.77. The first-order valence-corrected chi connectivity index (χ1v) is 7.80. The van der Waals surface area contributed by atoms with E-state index in [0.29, 0.717) is 29.0 Å². The van der Waals surface area contributed by atoms with Crippen molar-refractivity contribution in [2.24, 2.45) is 11.7 Å². The molecule has 2 atom stereocenters. The summed E-state index contributed by atoms with van der Waals surface area (Å²) in [6.07, 6.45) is 6.24. The number of halogens is 1. The summed E-state index contributed by atoms with van der Waals surface area (Å²) in [5.41, 5.74) is 6.62. The van der Waals surface area contributed by atoms with Gasteiger partial charge in [-0.15, -0.1) is 0 Å². The highest BCUT2D eigenvalue weighted by Crippen LogP contribution is 2.40. The van der Waals surface area contributed by atoms with Crippen LogP contribution in [0.4, 0.5) is 0 Å². The van der Waals surface area contributed by atoms with E-state index in [-0.39, 0.29) is 6.10 Å². The number of nitrogens with two attached hydrogens (primary N) is 1. The zero-order valence-electron chi connectivity index (χ0n) is 12.3. The monoisotopic (exact) mass is 297 g/mol. The molecule has 1 aromatic carbocycles. The Hall–Kier alpha value is -0.930. The van der Waals surface area contributed by atoms with Crippen molar-refractivity contribution in [2.75, 3.05) is 7.11 Å². The molecule has 0 heterocycles. The van der Waals surface area contributed by atoms with Gasteiger partial charge in [0.2, 0.25) is 0 Å². The summed E-state index contributed by atoms with van der Waals surface area (Å²) in [5.74, 6) is 1.95. The Morgan fingerprint density at radius 1 is 1.30 bits per heavy atom. The molecule has 2 N–H and O–H groups in total. The highest BCUT2D eigenvalue weighted by Gasteiger charge is 2.27. The second-order valence-electron chi connectivity index (χ2n) is 5.42. The van der Waals surface area contributed by atoms with E-state index >= 15 is 0 Å². The van der Waals surface area contributed by atoms with Crippen molar-refractivity contribution in [3.05, 3.63) is 22.7 Å². The molecule has 1 saturated carbocycles. The van der Waals surface area contributed by atoms with Crippen molar-refractivity contribution in [1.29, 1.82) is 0 Å². The van der Waals surface area contributed by atoms with Crippen LogP contribution in [0.25, 0.3) is 0 Å². The lowest BCUT2D eigenvalue weighted by Crippen LogP contribution is -2.30. The Bertz CT molecular complexity index is 450. The van der Waals surface area contributed by atoms with E-state index in [4.69, 9.17) is 26.8 Å². The second-order valence-corrected chi connectivity index (χ2v) is 5.83. The first-order chi connectivity index (χ1) is 9.69. The van der Waals surface area contributed by atoms with Gasteiger partial charge in [0.05, 0.1) is 12.1 Å². The van der Waals surface area contributed by atoms with E-state index in [1.807, 2.05) is 12.1 Å². The Balaban J connectivity index is 2.23. The molecule has 3 nitrogen and oxygen atoms in total. The van der Waals surface area contributed by atoms with Gasteiger partial charge < -0.3 is 15.2 Å². The fourth-order valence-corrected chi connectivity index (χ4v) is 3.23. The first-order valence-electron chi connectivity index (χ1n) is 7.42. The van der Waals surface area contributed by atoms with Crippen molar-refractivity contribution in [3.8, 4) is 11.5 Å². The molecule has 1 aliphatic rings. The molecule has 0 amide bonds. The minimum atomic E-state index is 0.240. The van der Waals surface area contributed by atoms with Crippen molar-refractivity contribution < 1.29 is 9.47 Å². The van der Waals surface area contributed by atoms with Crippen LogP contribution in [0.1, 0.15) is 44.6 Å². The van der Waals surface area contributed by atoms with E-state index in [9.17, 15) is 0 Å². The minimum absolute atomic E-state index is 0.240. The molecule has 0 bridgehead atoms. The van der Waals surface area contributed by atoms with Crippen LogP contribution in [0.2, 0.25) is 5.02 Å². The molecule has 1 aliphatic carbocycles. The Morgan fingerprint density at radius 2 is 2.05 bits per heavy atom. The third-order valence-corrected chi connectivity index (χ3v) is 4.44. The lowest BCUT2D eigenvalue weighted by atomic mass is 9.85. The number of benzene rings is 1. The van der Waals surface area contributed by atoms with Crippen LogP contribution in [0.5, 0.6) is 11.5 Å². The van der Waals surface area contributed by atoms with Gasteiger partial charge in [-0.25, -0.2) is 0 Å². The van der Waals surface area contributed by atoms with E-state index in [1.54, 1.807) is 7.11 Å². The number of methoxy groups -OCH3 is 1. The zero-order valence-corrected chi connectivity index (χ0v) is 13.1. The molecular formula is C16H24ClNO2. The zero-order chi connectivity index (χ0) is 14.5. The van der Waals surface area contributed by atoms with Gasteiger partial charge in [-0.1, -0.05) is 24.9 Å². The highest BCUT2D eigenvalue weighted by atomic mass is 35.5. The molecule has 2 unspecified atom stereocenters. The molecule has 0 saturated heterocycles. The molecule has 0 radical (unpaired) electrons. The van der Waals surface area contributed by atoms with Crippen molar-refractivity contribution in [3.63, 3.8) is 0 Å². The van der Waals surface area contributed by atoms with Crippen molar-refractivity contribution >= 4 is 11.6 Å².